The number of hydrogen-bond donors (Lipinski definition) is 2. The minimum Gasteiger partial charge on any atom is -0.395 e. The Morgan fingerprint density at radius 2 is 1.87 bits per heavy atom. The van der Waals surface area contributed by atoms with Crippen molar-refractivity contribution in [3.63, 3.8) is 0 Å². The molecule has 0 aromatic carbocycles. The van der Waals surface area contributed by atoms with Crippen LogP contribution in [0.2, 0.25) is 0 Å². The Hall–Kier alpha value is -0.120. The van der Waals surface area contributed by atoms with Gasteiger partial charge in [0.25, 0.3) is 0 Å². The number of nitrogens with zero attached hydrogens (tertiary/aromatic N) is 1. The van der Waals surface area contributed by atoms with Crippen LogP contribution in [0.4, 0.5) is 0 Å². The van der Waals surface area contributed by atoms with Gasteiger partial charge in [-0.3, -0.25) is 0 Å². The van der Waals surface area contributed by atoms with Crippen molar-refractivity contribution >= 4 is 0 Å². The van der Waals surface area contributed by atoms with E-state index in [1.165, 1.54) is 12.8 Å². The van der Waals surface area contributed by atoms with Crippen molar-refractivity contribution in [2.24, 2.45) is 0 Å². The van der Waals surface area contributed by atoms with Crippen LogP contribution in [0.25, 0.3) is 0 Å². The largest absolute Gasteiger partial charge is 0.395 e. The molecule has 0 heterocycles. The van der Waals surface area contributed by atoms with Gasteiger partial charge in [0, 0.05) is 19.1 Å². The smallest absolute Gasteiger partial charge is 0.0584 e. The van der Waals surface area contributed by atoms with E-state index in [9.17, 15) is 0 Å². The maximum Gasteiger partial charge on any atom is 0.0584 e. The first-order valence-electron chi connectivity index (χ1n) is 6.34. The molecule has 0 bridgehead atoms. The van der Waals surface area contributed by atoms with Crippen molar-refractivity contribution in [3.05, 3.63) is 0 Å². The zero-order chi connectivity index (χ0) is 11.5. The summed E-state index contributed by atoms with van der Waals surface area (Å²) in [5.41, 5.74) is 0. The maximum absolute atomic E-state index is 9.16. The van der Waals surface area contributed by atoms with Gasteiger partial charge < -0.3 is 15.3 Å². The SMILES string of the molecule is CCCCC(CO)NCCN(CC)CC. The van der Waals surface area contributed by atoms with Crippen LogP contribution in [0.1, 0.15) is 40.0 Å². The van der Waals surface area contributed by atoms with Gasteiger partial charge in [0.05, 0.1) is 6.61 Å². The molecule has 0 rings (SSSR count). The van der Waals surface area contributed by atoms with Gasteiger partial charge in [-0.25, -0.2) is 0 Å². The molecular weight excluding hydrogens is 188 g/mol. The number of rotatable bonds is 10. The van der Waals surface area contributed by atoms with Crippen LogP contribution >= 0.6 is 0 Å². The molecule has 0 amide bonds. The molecular formula is C12H28N2O. The Kier molecular flexibility index (Phi) is 10.3. The van der Waals surface area contributed by atoms with Gasteiger partial charge in [0.2, 0.25) is 0 Å². The molecule has 0 saturated carbocycles. The molecule has 0 fully saturated rings. The molecule has 0 saturated heterocycles. The fourth-order valence-corrected chi connectivity index (χ4v) is 1.68. The van der Waals surface area contributed by atoms with Crippen LogP contribution in [0.15, 0.2) is 0 Å². The predicted molar refractivity (Wildman–Crippen MR) is 66.2 cm³/mol. The average Bonchev–Trinajstić information content (AvgIpc) is 2.28. The van der Waals surface area contributed by atoms with Gasteiger partial charge in [-0.1, -0.05) is 33.6 Å². The third-order valence-corrected chi connectivity index (χ3v) is 2.88. The third-order valence-electron chi connectivity index (χ3n) is 2.88. The molecule has 92 valence electrons. The highest BCUT2D eigenvalue weighted by Crippen LogP contribution is 1.99. The van der Waals surface area contributed by atoms with Crippen molar-refractivity contribution in [2.75, 3.05) is 32.8 Å². The number of likely N-dealkylation sites (N-methyl/N-ethyl adjacent to an activating group) is 1. The predicted octanol–water partition coefficient (Wildman–Crippen LogP) is 1.47. The molecule has 0 aromatic heterocycles. The van der Waals surface area contributed by atoms with E-state index in [1.807, 2.05) is 0 Å². The van der Waals surface area contributed by atoms with E-state index in [0.717, 1.165) is 32.6 Å². The molecule has 0 radical (unpaired) electrons. The molecule has 1 atom stereocenters. The van der Waals surface area contributed by atoms with E-state index in [1.54, 1.807) is 0 Å². The molecule has 2 N–H and O–H groups in total. The Labute approximate surface area is 94.9 Å². The summed E-state index contributed by atoms with van der Waals surface area (Å²) in [5.74, 6) is 0. The van der Waals surface area contributed by atoms with Crippen LogP contribution in [-0.2, 0) is 0 Å². The lowest BCUT2D eigenvalue weighted by Gasteiger charge is -2.21. The molecule has 0 spiro atoms. The van der Waals surface area contributed by atoms with E-state index in [4.69, 9.17) is 5.11 Å². The van der Waals surface area contributed by atoms with Gasteiger partial charge in [0.15, 0.2) is 0 Å². The third kappa shape index (κ3) is 7.77. The van der Waals surface area contributed by atoms with Gasteiger partial charge in [0.1, 0.15) is 0 Å². The average molecular weight is 216 g/mol. The minimum absolute atomic E-state index is 0.262. The quantitative estimate of drug-likeness (QED) is 0.580. The number of nitrogens with one attached hydrogen (secondary N) is 1. The molecule has 3 heteroatoms. The van der Waals surface area contributed by atoms with Crippen LogP contribution in [0.5, 0.6) is 0 Å². The lowest BCUT2D eigenvalue weighted by Crippen LogP contribution is -2.38. The second kappa shape index (κ2) is 10.4. The summed E-state index contributed by atoms with van der Waals surface area (Å²) in [4.78, 5) is 2.39. The second-order valence-corrected chi connectivity index (χ2v) is 4.00. The van der Waals surface area contributed by atoms with Crippen molar-refractivity contribution in [2.45, 2.75) is 46.1 Å². The summed E-state index contributed by atoms with van der Waals surface area (Å²) in [7, 11) is 0. The first-order valence-corrected chi connectivity index (χ1v) is 6.34. The molecule has 15 heavy (non-hydrogen) atoms. The van der Waals surface area contributed by atoms with Crippen molar-refractivity contribution < 1.29 is 5.11 Å². The van der Waals surface area contributed by atoms with E-state index in [2.05, 4.69) is 31.0 Å². The van der Waals surface area contributed by atoms with E-state index in [0.29, 0.717) is 6.04 Å². The Morgan fingerprint density at radius 1 is 1.20 bits per heavy atom. The van der Waals surface area contributed by atoms with Crippen LogP contribution < -0.4 is 5.32 Å². The summed E-state index contributed by atoms with van der Waals surface area (Å²) in [5, 5.41) is 12.6. The fourth-order valence-electron chi connectivity index (χ4n) is 1.68. The van der Waals surface area contributed by atoms with Gasteiger partial charge in [-0.15, -0.1) is 0 Å². The maximum atomic E-state index is 9.16. The van der Waals surface area contributed by atoms with Crippen molar-refractivity contribution in [1.82, 2.24) is 10.2 Å². The normalized spacial score (nSPS) is 13.4. The fraction of sp³-hybridized carbons (Fsp3) is 1.00. The standard InChI is InChI=1S/C12H28N2O/c1-4-7-8-12(11-15)13-9-10-14(5-2)6-3/h12-13,15H,4-11H2,1-3H3. The molecule has 3 nitrogen and oxygen atoms in total. The lowest BCUT2D eigenvalue weighted by molar-refractivity contribution is 0.223. The lowest BCUT2D eigenvalue weighted by atomic mass is 10.1. The zero-order valence-corrected chi connectivity index (χ0v) is 10.6. The number of aliphatic hydroxyl groups is 1. The minimum atomic E-state index is 0.262. The molecule has 0 aromatic rings. The highest BCUT2D eigenvalue weighted by atomic mass is 16.3. The monoisotopic (exact) mass is 216 g/mol. The molecule has 0 aliphatic carbocycles. The number of aliphatic hydroxyl groups excluding tert-OH is 1. The molecule has 0 aliphatic heterocycles. The Bertz CT molecular complexity index is 127. The molecule has 1 unspecified atom stereocenters. The van der Waals surface area contributed by atoms with Gasteiger partial charge >= 0.3 is 0 Å². The first-order chi connectivity index (χ1) is 7.28. The van der Waals surface area contributed by atoms with E-state index in [-0.39, 0.29) is 6.61 Å². The van der Waals surface area contributed by atoms with Crippen LogP contribution in [0, 0.1) is 0 Å². The zero-order valence-electron chi connectivity index (χ0n) is 10.6. The van der Waals surface area contributed by atoms with Crippen molar-refractivity contribution in [3.8, 4) is 0 Å². The number of unbranched alkanes of at least 4 members (excludes halogenated alkanes) is 1. The van der Waals surface area contributed by atoms with Gasteiger partial charge in [-0.05, 0) is 19.5 Å². The highest BCUT2D eigenvalue weighted by molar-refractivity contribution is 4.66. The first kappa shape index (κ1) is 14.9. The summed E-state index contributed by atoms with van der Waals surface area (Å²) in [6.07, 6.45) is 3.49. The summed E-state index contributed by atoms with van der Waals surface area (Å²) < 4.78 is 0. The van der Waals surface area contributed by atoms with Crippen molar-refractivity contribution in [1.29, 1.82) is 0 Å². The van der Waals surface area contributed by atoms with Crippen LogP contribution in [-0.4, -0.2) is 48.8 Å². The Balaban J connectivity index is 3.52. The van der Waals surface area contributed by atoms with E-state index < -0.39 is 0 Å². The Morgan fingerprint density at radius 3 is 2.33 bits per heavy atom. The second-order valence-electron chi connectivity index (χ2n) is 4.00. The van der Waals surface area contributed by atoms with Gasteiger partial charge in [-0.2, -0.15) is 0 Å². The topological polar surface area (TPSA) is 35.5 Å². The van der Waals surface area contributed by atoms with Crippen LogP contribution in [0.3, 0.4) is 0 Å². The summed E-state index contributed by atoms with van der Waals surface area (Å²) in [6.45, 7) is 11.1. The number of hydrogen-bond acceptors (Lipinski definition) is 3. The summed E-state index contributed by atoms with van der Waals surface area (Å²) in [6, 6.07) is 0.292. The summed E-state index contributed by atoms with van der Waals surface area (Å²) >= 11 is 0. The highest BCUT2D eigenvalue weighted by Gasteiger charge is 2.06. The molecule has 0 aliphatic rings. The van der Waals surface area contributed by atoms with E-state index >= 15 is 0 Å².